The van der Waals surface area contributed by atoms with Gasteiger partial charge in [0, 0.05) is 55.7 Å². The van der Waals surface area contributed by atoms with Crippen molar-refractivity contribution in [3.8, 4) is 0 Å². The van der Waals surface area contributed by atoms with Crippen molar-refractivity contribution in [2.24, 2.45) is 5.73 Å². The summed E-state index contributed by atoms with van der Waals surface area (Å²) in [6.07, 6.45) is 3.54. The molecule has 162 valence electrons. The second-order valence-corrected chi connectivity index (χ2v) is 8.14. The molecule has 0 radical (unpaired) electrons. The number of nitrogens with one attached hydrogen (secondary N) is 2. The minimum atomic E-state index is -1.28. The summed E-state index contributed by atoms with van der Waals surface area (Å²) < 4.78 is 40.2. The normalized spacial score (nSPS) is 17.2. The number of hydrogen-bond donors (Lipinski definition) is 3. The van der Waals surface area contributed by atoms with Crippen LogP contribution in [0.15, 0.2) is 24.7 Å². The molecule has 30 heavy (non-hydrogen) atoms. The smallest absolute Gasteiger partial charge is 0.253 e. The van der Waals surface area contributed by atoms with Crippen molar-refractivity contribution in [2.45, 2.75) is 30.7 Å². The average Bonchev–Trinajstić information content (AvgIpc) is 3.37. The van der Waals surface area contributed by atoms with E-state index < -0.39 is 28.9 Å². The van der Waals surface area contributed by atoms with E-state index in [4.69, 9.17) is 5.73 Å². The van der Waals surface area contributed by atoms with Crippen molar-refractivity contribution < 1.29 is 22.8 Å². The maximum atomic E-state index is 13.8. The largest absolute Gasteiger partial charge is 0.353 e. The number of aromatic nitrogens is 2. The zero-order chi connectivity index (χ0) is 21.7. The van der Waals surface area contributed by atoms with Crippen LogP contribution in [0.3, 0.4) is 0 Å². The van der Waals surface area contributed by atoms with Crippen LogP contribution in [0.1, 0.15) is 17.7 Å². The summed E-state index contributed by atoms with van der Waals surface area (Å²) in [7, 11) is 0. The van der Waals surface area contributed by atoms with E-state index in [1.807, 2.05) is 0 Å². The molecular formula is C19H22F3N5O2S. The molecule has 4 N–H and O–H groups in total. The second-order valence-electron chi connectivity index (χ2n) is 6.95. The molecule has 1 aliphatic heterocycles. The van der Waals surface area contributed by atoms with Gasteiger partial charge in [0.1, 0.15) is 5.82 Å². The van der Waals surface area contributed by atoms with Crippen molar-refractivity contribution in [3.05, 3.63) is 53.4 Å². The fourth-order valence-corrected chi connectivity index (χ4v) is 4.35. The van der Waals surface area contributed by atoms with E-state index in [0.717, 1.165) is 11.8 Å². The number of nitrogens with two attached hydrogens (primary N) is 1. The van der Waals surface area contributed by atoms with Gasteiger partial charge in [-0.05, 0) is 18.1 Å². The Morgan fingerprint density at radius 1 is 1.30 bits per heavy atom. The van der Waals surface area contributed by atoms with Crippen LogP contribution < -0.4 is 11.1 Å². The molecule has 1 aromatic carbocycles. The lowest BCUT2D eigenvalue weighted by atomic mass is 10.0. The third-order valence-corrected chi connectivity index (χ3v) is 5.89. The highest BCUT2D eigenvalue weighted by atomic mass is 32.2. The highest BCUT2D eigenvalue weighted by Gasteiger charge is 2.35. The first kappa shape index (κ1) is 22.2. The first-order valence-corrected chi connectivity index (χ1v) is 10.4. The van der Waals surface area contributed by atoms with E-state index in [9.17, 15) is 22.8 Å². The van der Waals surface area contributed by atoms with Crippen LogP contribution in [0.5, 0.6) is 0 Å². The number of imidazole rings is 1. The lowest BCUT2D eigenvalue weighted by Gasteiger charge is -2.24. The molecular weight excluding hydrogens is 419 g/mol. The monoisotopic (exact) mass is 441 g/mol. The Hall–Kier alpha value is -2.53. The standard InChI is InChI=1S/C19H22F3N5O2S/c20-14-8-16(22)15(21)6-11(14)5-12(23)7-17(28)27-3-4-30-19(27)18(29)25-2-1-13-9-24-10-26-13/h6,8-10,12,19H,1-5,7,23H2,(H,24,26)(H,25,29)/t12-,19?/m1/s1. The Kier molecular flexibility index (Phi) is 7.38. The molecule has 1 fully saturated rings. The summed E-state index contributed by atoms with van der Waals surface area (Å²) in [5.74, 6) is -3.38. The molecule has 0 aliphatic carbocycles. The predicted octanol–water partition coefficient (Wildman–Crippen LogP) is 1.35. The number of benzene rings is 1. The predicted molar refractivity (Wildman–Crippen MR) is 106 cm³/mol. The molecule has 2 amide bonds. The molecule has 7 nitrogen and oxygen atoms in total. The lowest BCUT2D eigenvalue weighted by molar-refractivity contribution is -0.136. The van der Waals surface area contributed by atoms with Crippen LogP contribution in [-0.4, -0.2) is 56.9 Å². The third kappa shape index (κ3) is 5.54. The molecule has 11 heteroatoms. The highest BCUT2D eigenvalue weighted by Crippen LogP contribution is 2.25. The number of amides is 2. The number of carbonyl (C=O) groups excluding carboxylic acids is 2. The minimum Gasteiger partial charge on any atom is -0.353 e. The number of nitrogens with zero attached hydrogens (tertiary/aromatic N) is 2. The van der Waals surface area contributed by atoms with Crippen LogP contribution in [-0.2, 0) is 22.4 Å². The Labute approximate surface area is 175 Å². The van der Waals surface area contributed by atoms with Gasteiger partial charge in [0.2, 0.25) is 5.91 Å². The number of halogens is 3. The molecule has 2 heterocycles. The molecule has 1 unspecified atom stereocenters. The van der Waals surface area contributed by atoms with Crippen LogP contribution in [0, 0.1) is 17.5 Å². The van der Waals surface area contributed by atoms with Crippen molar-refractivity contribution in [1.29, 1.82) is 0 Å². The van der Waals surface area contributed by atoms with Gasteiger partial charge in [-0.2, -0.15) is 0 Å². The summed E-state index contributed by atoms with van der Waals surface area (Å²) in [6.45, 7) is 0.795. The maximum Gasteiger partial charge on any atom is 0.253 e. The Balaban J connectivity index is 1.52. The summed E-state index contributed by atoms with van der Waals surface area (Å²) in [5.41, 5.74) is 6.73. The Morgan fingerprint density at radius 3 is 2.80 bits per heavy atom. The third-order valence-electron chi connectivity index (χ3n) is 4.69. The number of carbonyl (C=O) groups is 2. The fraction of sp³-hybridized carbons (Fsp3) is 0.421. The lowest BCUT2D eigenvalue weighted by Crippen LogP contribution is -2.46. The Morgan fingerprint density at radius 2 is 2.07 bits per heavy atom. The van der Waals surface area contributed by atoms with Gasteiger partial charge in [-0.15, -0.1) is 11.8 Å². The molecule has 3 rings (SSSR count). The van der Waals surface area contributed by atoms with Gasteiger partial charge >= 0.3 is 0 Å². The molecule has 0 bridgehead atoms. The van der Waals surface area contributed by atoms with Crippen molar-refractivity contribution in [2.75, 3.05) is 18.8 Å². The number of H-pyrrole nitrogens is 1. The SMILES string of the molecule is N[C@@H](CC(=O)N1CCSC1C(=O)NCCc1cnc[nH]1)Cc1cc(F)c(F)cc1F. The van der Waals surface area contributed by atoms with Gasteiger partial charge in [0.15, 0.2) is 17.0 Å². The van der Waals surface area contributed by atoms with E-state index in [1.54, 1.807) is 12.5 Å². The fourth-order valence-electron chi connectivity index (χ4n) is 3.19. The highest BCUT2D eigenvalue weighted by molar-refractivity contribution is 8.00. The maximum absolute atomic E-state index is 13.8. The van der Waals surface area contributed by atoms with E-state index in [0.29, 0.717) is 31.3 Å². The van der Waals surface area contributed by atoms with Crippen LogP contribution in [0.25, 0.3) is 0 Å². The van der Waals surface area contributed by atoms with E-state index >= 15 is 0 Å². The van der Waals surface area contributed by atoms with Gasteiger partial charge in [-0.1, -0.05) is 0 Å². The van der Waals surface area contributed by atoms with Gasteiger partial charge in [-0.25, -0.2) is 18.2 Å². The molecule has 1 aliphatic rings. The summed E-state index contributed by atoms with van der Waals surface area (Å²) in [5, 5.41) is 2.14. The summed E-state index contributed by atoms with van der Waals surface area (Å²) >= 11 is 1.35. The van der Waals surface area contributed by atoms with Crippen molar-refractivity contribution in [1.82, 2.24) is 20.2 Å². The summed E-state index contributed by atoms with van der Waals surface area (Å²) in [4.78, 5) is 33.4. The second kappa shape index (κ2) is 9.98. The molecule has 0 spiro atoms. The molecule has 0 saturated carbocycles. The Bertz CT molecular complexity index is 897. The van der Waals surface area contributed by atoms with Gasteiger partial charge in [-0.3, -0.25) is 9.59 Å². The summed E-state index contributed by atoms with van der Waals surface area (Å²) in [6, 6.07) is 0.405. The first-order chi connectivity index (χ1) is 14.3. The van der Waals surface area contributed by atoms with Gasteiger partial charge in [0.05, 0.1) is 6.33 Å². The van der Waals surface area contributed by atoms with E-state index in [-0.39, 0.29) is 30.2 Å². The molecule has 2 atom stereocenters. The van der Waals surface area contributed by atoms with Crippen LogP contribution in [0.2, 0.25) is 0 Å². The quantitative estimate of drug-likeness (QED) is 0.537. The first-order valence-electron chi connectivity index (χ1n) is 9.40. The minimum absolute atomic E-state index is 0.0990. The number of hydrogen-bond acceptors (Lipinski definition) is 5. The van der Waals surface area contributed by atoms with Gasteiger partial charge in [0.25, 0.3) is 5.91 Å². The van der Waals surface area contributed by atoms with E-state index in [2.05, 4.69) is 15.3 Å². The zero-order valence-electron chi connectivity index (χ0n) is 16.0. The topological polar surface area (TPSA) is 104 Å². The molecule has 1 saturated heterocycles. The zero-order valence-corrected chi connectivity index (χ0v) is 16.9. The number of thioether (sulfide) groups is 1. The van der Waals surface area contributed by atoms with Crippen LogP contribution >= 0.6 is 11.8 Å². The van der Waals surface area contributed by atoms with E-state index in [1.165, 1.54) is 16.7 Å². The van der Waals surface area contributed by atoms with Gasteiger partial charge < -0.3 is 20.9 Å². The number of rotatable bonds is 8. The van der Waals surface area contributed by atoms with Crippen molar-refractivity contribution in [3.63, 3.8) is 0 Å². The molecule has 1 aromatic heterocycles. The average molecular weight is 441 g/mol. The number of aromatic amines is 1. The van der Waals surface area contributed by atoms with Crippen molar-refractivity contribution >= 4 is 23.6 Å². The van der Waals surface area contributed by atoms with Crippen LogP contribution in [0.4, 0.5) is 13.2 Å². The molecule has 2 aromatic rings.